The largest absolute Gasteiger partial charge is 0.494 e. The smallest absolute Gasteiger partial charge is 0.307 e. The van der Waals surface area contributed by atoms with E-state index >= 15 is 0 Å². The van der Waals surface area contributed by atoms with Crippen molar-refractivity contribution in [3.05, 3.63) is 35.9 Å². The van der Waals surface area contributed by atoms with Crippen molar-refractivity contribution >= 4 is 18.0 Å². The number of amides is 1. The molecule has 0 saturated heterocycles. The maximum Gasteiger partial charge on any atom is 0.307 e. The minimum atomic E-state index is -0.293. The summed E-state index contributed by atoms with van der Waals surface area (Å²) in [5, 5.41) is 0. The SMILES string of the molecule is CCCOc1ccc(/C=C/C(=O)N(C)CCC(=O)OCC)cc1. The molecule has 1 amide bonds. The fourth-order valence-corrected chi connectivity index (χ4v) is 1.79. The van der Waals surface area contributed by atoms with Crippen LogP contribution in [-0.4, -0.2) is 43.6 Å². The standard InChI is InChI=1S/C18H25NO4/c1-4-14-23-16-9-6-15(7-10-16)8-11-17(20)19(3)13-12-18(21)22-5-2/h6-11H,4-5,12-14H2,1-3H3/b11-8+. The Bertz CT molecular complexity index is 522. The molecule has 0 aliphatic heterocycles. The summed E-state index contributed by atoms with van der Waals surface area (Å²) in [4.78, 5) is 24.7. The van der Waals surface area contributed by atoms with Gasteiger partial charge in [0.2, 0.25) is 5.91 Å². The van der Waals surface area contributed by atoms with Gasteiger partial charge in [-0.05, 0) is 37.1 Å². The molecule has 0 heterocycles. The quantitative estimate of drug-likeness (QED) is 0.519. The predicted molar refractivity (Wildman–Crippen MR) is 90.1 cm³/mol. The van der Waals surface area contributed by atoms with Gasteiger partial charge in [0.1, 0.15) is 5.75 Å². The first-order valence-electron chi connectivity index (χ1n) is 7.88. The summed E-state index contributed by atoms with van der Waals surface area (Å²) in [6, 6.07) is 7.55. The summed E-state index contributed by atoms with van der Waals surface area (Å²) in [5.41, 5.74) is 0.918. The van der Waals surface area contributed by atoms with E-state index in [4.69, 9.17) is 9.47 Å². The zero-order valence-corrected chi connectivity index (χ0v) is 14.1. The second kappa shape index (κ2) is 10.4. The third-order valence-corrected chi connectivity index (χ3v) is 3.10. The maximum atomic E-state index is 12.0. The molecule has 23 heavy (non-hydrogen) atoms. The molecule has 0 bridgehead atoms. The lowest BCUT2D eigenvalue weighted by molar-refractivity contribution is -0.143. The second-order valence-electron chi connectivity index (χ2n) is 5.07. The molecule has 5 nitrogen and oxygen atoms in total. The Hall–Kier alpha value is -2.30. The Balaban J connectivity index is 2.45. The number of ether oxygens (including phenoxy) is 2. The molecule has 0 N–H and O–H groups in total. The third kappa shape index (κ3) is 7.49. The van der Waals surface area contributed by atoms with E-state index in [0.717, 1.165) is 17.7 Å². The number of carbonyl (C=O) groups is 2. The van der Waals surface area contributed by atoms with E-state index in [0.29, 0.717) is 19.8 Å². The highest BCUT2D eigenvalue weighted by Gasteiger charge is 2.08. The van der Waals surface area contributed by atoms with E-state index in [1.54, 1.807) is 20.0 Å². The molecule has 1 aromatic rings. The molecular formula is C18H25NO4. The Morgan fingerprint density at radius 2 is 1.87 bits per heavy atom. The van der Waals surface area contributed by atoms with Crippen molar-refractivity contribution in [3.63, 3.8) is 0 Å². The predicted octanol–water partition coefficient (Wildman–Crippen LogP) is 2.90. The van der Waals surface area contributed by atoms with E-state index in [1.165, 1.54) is 11.0 Å². The molecule has 0 aliphatic carbocycles. The van der Waals surface area contributed by atoms with Gasteiger partial charge in [-0.1, -0.05) is 19.1 Å². The van der Waals surface area contributed by atoms with Crippen LogP contribution in [0.4, 0.5) is 0 Å². The van der Waals surface area contributed by atoms with Crippen LogP contribution >= 0.6 is 0 Å². The Labute approximate surface area is 137 Å². The molecule has 126 valence electrons. The fraction of sp³-hybridized carbons (Fsp3) is 0.444. The second-order valence-corrected chi connectivity index (χ2v) is 5.07. The lowest BCUT2D eigenvalue weighted by Crippen LogP contribution is -2.27. The lowest BCUT2D eigenvalue weighted by atomic mass is 10.2. The Morgan fingerprint density at radius 1 is 1.17 bits per heavy atom. The minimum absolute atomic E-state index is 0.152. The first kappa shape index (κ1) is 18.7. The molecular weight excluding hydrogens is 294 g/mol. The minimum Gasteiger partial charge on any atom is -0.494 e. The monoisotopic (exact) mass is 319 g/mol. The van der Waals surface area contributed by atoms with Gasteiger partial charge in [0, 0.05) is 19.7 Å². The molecule has 0 saturated carbocycles. The van der Waals surface area contributed by atoms with Crippen LogP contribution in [-0.2, 0) is 14.3 Å². The molecule has 0 aliphatic rings. The van der Waals surface area contributed by atoms with Gasteiger partial charge in [0.25, 0.3) is 0 Å². The Morgan fingerprint density at radius 3 is 2.48 bits per heavy atom. The topological polar surface area (TPSA) is 55.8 Å². The number of likely N-dealkylation sites (N-methyl/N-ethyl adjacent to an activating group) is 1. The highest BCUT2D eigenvalue weighted by Crippen LogP contribution is 2.13. The molecule has 0 aromatic heterocycles. The van der Waals surface area contributed by atoms with Crippen molar-refractivity contribution in [2.75, 3.05) is 26.8 Å². The van der Waals surface area contributed by atoms with E-state index in [2.05, 4.69) is 6.92 Å². The van der Waals surface area contributed by atoms with E-state index in [1.807, 2.05) is 24.3 Å². The summed E-state index contributed by atoms with van der Waals surface area (Å²) in [6.07, 6.45) is 4.40. The lowest BCUT2D eigenvalue weighted by Gasteiger charge is -2.14. The normalized spacial score (nSPS) is 10.6. The van der Waals surface area contributed by atoms with Crippen molar-refractivity contribution in [1.29, 1.82) is 0 Å². The van der Waals surface area contributed by atoms with Crippen LogP contribution < -0.4 is 4.74 Å². The van der Waals surface area contributed by atoms with Crippen LogP contribution in [0.5, 0.6) is 5.75 Å². The molecule has 0 fully saturated rings. The molecule has 1 aromatic carbocycles. The number of carbonyl (C=O) groups excluding carboxylic acids is 2. The van der Waals surface area contributed by atoms with Crippen molar-refractivity contribution in [2.45, 2.75) is 26.7 Å². The van der Waals surface area contributed by atoms with E-state index in [9.17, 15) is 9.59 Å². The average Bonchev–Trinajstić information content (AvgIpc) is 2.56. The zero-order chi connectivity index (χ0) is 17.1. The fourth-order valence-electron chi connectivity index (χ4n) is 1.79. The summed E-state index contributed by atoms with van der Waals surface area (Å²) in [5.74, 6) is 0.376. The van der Waals surface area contributed by atoms with Crippen LogP contribution in [0.3, 0.4) is 0 Å². The molecule has 0 unspecified atom stereocenters. The van der Waals surface area contributed by atoms with Gasteiger partial charge < -0.3 is 14.4 Å². The van der Waals surface area contributed by atoms with Crippen LogP contribution in [0.15, 0.2) is 30.3 Å². The van der Waals surface area contributed by atoms with Gasteiger partial charge in [-0.3, -0.25) is 9.59 Å². The highest BCUT2D eigenvalue weighted by molar-refractivity contribution is 5.91. The van der Waals surface area contributed by atoms with Crippen LogP contribution in [0, 0.1) is 0 Å². The van der Waals surface area contributed by atoms with Crippen LogP contribution in [0.25, 0.3) is 6.08 Å². The number of rotatable bonds is 9. The number of hydrogen-bond donors (Lipinski definition) is 0. The molecule has 0 atom stereocenters. The first-order valence-corrected chi connectivity index (χ1v) is 7.88. The number of esters is 1. The summed E-state index contributed by atoms with van der Waals surface area (Å²) in [7, 11) is 1.66. The van der Waals surface area contributed by atoms with E-state index in [-0.39, 0.29) is 18.3 Å². The van der Waals surface area contributed by atoms with Gasteiger partial charge in [0.05, 0.1) is 19.6 Å². The summed E-state index contributed by atoms with van der Waals surface area (Å²) in [6.45, 7) is 5.20. The maximum absolute atomic E-state index is 12.0. The molecule has 5 heteroatoms. The van der Waals surface area contributed by atoms with Crippen LogP contribution in [0.1, 0.15) is 32.3 Å². The van der Waals surface area contributed by atoms with Crippen molar-refractivity contribution in [3.8, 4) is 5.75 Å². The highest BCUT2D eigenvalue weighted by atomic mass is 16.5. The van der Waals surface area contributed by atoms with Gasteiger partial charge in [0.15, 0.2) is 0 Å². The summed E-state index contributed by atoms with van der Waals surface area (Å²) >= 11 is 0. The van der Waals surface area contributed by atoms with Crippen LogP contribution in [0.2, 0.25) is 0 Å². The van der Waals surface area contributed by atoms with Gasteiger partial charge in [-0.25, -0.2) is 0 Å². The van der Waals surface area contributed by atoms with Gasteiger partial charge in [-0.15, -0.1) is 0 Å². The first-order chi connectivity index (χ1) is 11.1. The number of hydrogen-bond acceptors (Lipinski definition) is 4. The number of benzene rings is 1. The Kier molecular flexibility index (Phi) is 8.50. The third-order valence-electron chi connectivity index (χ3n) is 3.10. The summed E-state index contributed by atoms with van der Waals surface area (Å²) < 4.78 is 10.3. The molecule has 0 radical (unpaired) electrons. The van der Waals surface area contributed by atoms with Crippen molar-refractivity contribution in [1.82, 2.24) is 4.90 Å². The molecule has 1 rings (SSSR count). The average molecular weight is 319 g/mol. The van der Waals surface area contributed by atoms with E-state index < -0.39 is 0 Å². The van der Waals surface area contributed by atoms with Gasteiger partial charge >= 0.3 is 5.97 Å². The zero-order valence-electron chi connectivity index (χ0n) is 14.1. The van der Waals surface area contributed by atoms with Crippen molar-refractivity contribution < 1.29 is 19.1 Å². The molecule has 0 spiro atoms. The van der Waals surface area contributed by atoms with Gasteiger partial charge in [-0.2, -0.15) is 0 Å². The number of nitrogens with zero attached hydrogens (tertiary/aromatic N) is 1. The van der Waals surface area contributed by atoms with Crippen molar-refractivity contribution in [2.24, 2.45) is 0 Å².